The molecule has 1 aromatic heterocycles. The van der Waals surface area contributed by atoms with Crippen LogP contribution in [0.15, 0.2) is 54.6 Å². The summed E-state index contributed by atoms with van der Waals surface area (Å²) in [5.74, 6) is -0.436. The Bertz CT molecular complexity index is 950. The summed E-state index contributed by atoms with van der Waals surface area (Å²) >= 11 is 6.00. The van der Waals surface area contributed by atoms with Gasteiger partial charge < -0.3 is 15.2 Å². The molecular formula is C21H22ClN3O2. The number of rotatable bonds is 6. The Labute approximate surface area is 163 Å². The maximum Gasteiger partial charge on any atom is 0.268 e. The summed E-state index contributed by atoms with van der Waals surface area (Å²) in [7, 11) is 3.38. The van der Waals surface area contributed by atoms with E-state index in [1.807, 2.05) is 36.4 Å². The van der Waals surface area contributed by atoms with E-state index in [-0.39, 0.29) is 11.8 Å². The zero-order valence-corrected chi connectivity index (χ0v) is 16.1. The van der Waals surface area contributed by atoms with Gasteiger partial charge in [0.15, 0.2) is 0 Å². The molecular weight excluding hydrogens is 362 g/mol. The smallest absolute Gasteiger partial charge is 0.268 e. The van der Waals surface area contributed by atoms with Crippen molar-refractivity contribution in [3.63, 3.8) is 0 Å². The van der Waals surface area contributed by atoms with Gasteiger partial charge in [-0.3, -0.25) is 9.59 Å². The first-order valence-corrected chi connectivity index (χ1v) is 9.16. The van der Waals surface area contributed by atoms with E-state index in [2.05, 4.69) is 10.3 Å². The number of H-pyrrole nitrogens is 1. The second-order valence-electron chi connectivity index (χ2n) is 6.70. The SMILES string of the molecule is CN(C)C(=O)[C@H](CCc1ccccc1)NC(=O)c1cc2cc(Cl)ccc2[nH]1. The van der Waals surface area contributed by atoms with Gasteiger partial charge in [0.05, 0.1) is 0 Å². The minimum atomic E-state index is -0.595. The summed E-state index contributed by atoms with van der Waals surface area (Å²) < 4.78 is 0. The third kappa shape index (κ3) is 4.68. The number of aryl methyl sites for hydroxylation is 1. The molecule has 0 bridgehead atoms. The Hall–Kier alpha value is -2.79. The summed E-state index contributed by atoms with van der Waals surface area (Å²) in [4.78, 5) is 29.8. The van der Waals surface area contributed by atoms with Gasteiger partial charge in [0, 0.05) is 30.0 Å². The van der Waals surface area contributed by atoms with E-state index in [9.17, 15) is 9.59 Å². The second-order valence-corrected chi connectivity index (χ2v) is 7.13. The number of hydrogen-bond donors (Lipinski definition) is 2. The maximum absolute atomic E-state index is 12.7. The summed E-state index contributed by atoms with van der Waals surface area (Å²) in [5, 5.41) is 4.33. The van der Waals surface area contributed by atoms with Crippen molar-refractivity contribution in [1.82, 2.24) is 15.2 Å². The number of halogens is 1. The molecule has 0 aliphatic rings. The van der Waals surface area contributed by atoms with Crippen molar-refractivity contribution in [3.8, 4) is 0 Å². The Morgan fingerprint density at radius 1 is 1.11 bits per heavy atom. The van der Waals surface area contributed by atoms with Crippen LogP contribution < -0.4 is 5.32 Å². The van der Waals surface area contributed by atoms with Crippen LogP contribution in [0.4, 0.5) is 0 Å². The van der Waals surface area contributed by atoms with Crippen molar-refractivity contribution in [2.75, 3.05) is 14.1 Å². The fourth-order valence-electron chi connectivity index (χ4n) is 2.99. The zero-order valence-electron chi connectivity index (χ0n) is 15.3. The molecule has 6 heteroatoms. The summed E-state index contributed by atoms with van der Waals surface area (Å²) in [5.41, 5.74) is 2.36. The van der Waals surface area contributed by atoms with Crippen LogP contribution >= 0.6 is 11.6 Å². The number of aromatic amines is 1. The molecule has 0 radical (unpaired) electrons. The molecule has 0 saturated heterocycles. The Morgan fingerprint density at radius 2 is 1.85 bits per heavy atom. The number of benzene rings is 2. The molecule has 0 aliphatic carbocycles. The van der Waals surface area contributed by atoms with Gasteiger partial charge in [-0.1, -0.05) is 41.9 Å². The fraction of sp³-hybridized carbons (Fsp3) is 0.238. The van der Waals surface area contributed by atoms with Gasteiger partial charge >= 0.3 is 0 Å². The molecule has 3 rings (SSSR count). The number of hydrogen-bond acceptors (Lipinski definition) is 2. The number of nitrogens with zero attached hydrogens (tertiary/aromatic N) is 1. The van der Waals surface area contributed by atoms with Crippen LogP contribution in [0.5, 0.6) is 0 Å². The van der Waals surface area contributed by atoms with Crippen molar-refractivity contribution < 1.29 is 9.59 Å². The third-order valence-corrected chi connectivity index (χ3v) is 4.67. The average molecular weight is 384 g/mol. The van der Waals surface area contributed by atoms with E-state index in [0.29, 0.717) is 23.6 Å². The van der Waals surface area contributed by atoms with Crippen molar-refractivity contribution in [1.29, 1.82) is 0 Å². The predicted molar refractivity (Wildman–Crippen MR) is 108 cm³/mol. The lowest BCUT2D eigenvalue weighted by molar-refractivity contribution is -0.130. The van der Waals surface area contributed by atoms with Crippen molar-refractivity contribution in [2.45, 2.75) is 18.9 Å². The van der Waals surface area contributed by atoms with Crippen molar-refractivity contribution >= 4 is 34.3 Å². The summed E-state index contributed by atoms with van der Waals surface area (Å²) in [6, 6.07) is 16.4. The zero-order chi connectivity index (χ0) is 19.4. The molecule has 0 spiro atoms. The molecule has 2 N–H and O–H groups in total. The number of likely N-dealkylation sites (N-methyl/N-ethyl adjacent to an activating group) is 1. The molecule has 140 valence electrons. The van der Waals surface area contributed by atoms with Crippen LogP contribution in [0.25, 0.3) is 10.9 Å². The Morgan fingerprint density at radius 3 is 2.56 bits per heavy atom. The number of fused-ring (bicyclic) bond motifs is 1. The van der Waals surface area contributed by atoms with Crippen molar-refractivity contribution in [2.24, 2.45) is 0 Å². The molecule has 27 heavy (non-hydrogen) atoms. The summed E-state index contributed by atoms with van der Waals surface area (Å²) in [6.07, 6.45) is 1.23. The first-order valence-electron chi connectivity index (χ1n) is 8.78. The summed E-state index contributed by atoms with van der Waals surface area (Å²) in [6.45, 7) is 0. The van der Waals surface area contributed by atoms with Crippen LogP contribution in [0.1, 0.15) is 22.5 Å². The molecule has 0 fully saturated rings. The molecule has 1 atom stereocenters. The topological polar surface area (TPSA) is 65.2 Å². The minimum Gasteiger partial charge on any atom is -0.351 e. The fourth-order valence-corrected chi connectivity index (χ4v) is 3.17. The van der Waals surface area contributed by atoms with Crippen LogP contribution in [-0.2, 0) is 11.2 Å². The highest BCUT2D eigenvalue weighted by Crippen LogP contribution is 2.20. The lowest BCUT2D eigenvalue weighted by Gasteiger charge is -2.21. The maximum atomic E-state index is 12.7. The molecule has 2 aromatic carbocycles. The van der Waals surface area contributed by atoms with Gasteiger partial charge in [-0.2, -0.15) is 0 Å². The number of nitrogens with one attached hydrogen (secondary N) is 2. The van der Waals surface area contributed by atoms with Gasteiger partial charge in [-0.15, -0.1) is 0 Å². The first kappa shape index (κ1) is 19.0. The molecule has 2 amide bonds. The molecule has 5 nitrogen and oxygen atoms in total. The first-order chi connectivity index (χ1) is 12.9. The minimum absolute atomic E-state index is 0.126. The van der Waals surface area contributed by atoms with Crippen molar-refractivity contribution in [3.05, 3.63) is 70.9 Å². The van der Waals surface area contributed by atoms with Gasteiger partial charge in [0.25, 0.3) is 5.91 Å². The largest absolute Gasteiger partial charge is 0.351 e. The molecule has 1 heterocycles. The highest BCUT2D eigenvalue weighted by atomic mass is 35.5. The lowest BCUT2D eigenvalue weighted by Crippen LogP contribution is -2.46. The van der Waals surface area contributed by atoms with Crippen LogP contribution in [0, 0.1) is 0 Å². The monoisotopic (exact) mass is 383 g/mol. The Kier molecular flexibility index (Phi) is 5.81. The van der Waals surface area contributed by atoms with E-state index in [1.165, 1.54) is 4.90 Å². The number of aromatic nitrogens is 1. The molecule has 3 aromatic rings. The van der Waals surface area contributed by atoms with Gasteiger partial charge in [-0.05, 0) is 42.7 Å². The van der Waals surface area contributed by atoms with E-state index < -0.39 is 6.04 Å². The second kappa shape index (κ2) is 8.27. The standard InChI is InChI=1S/C21H22ClN3O2/c1-25(2)21(27)18(10-8-14-6-4-3-5-7-14)24-20(26)19-13-15-12-16(22)9-11-17(15)23-19/h3-7,9,11-13,18,23H,8,10H2,1-2H3,(H,24,26)/t18-/m0/s1. The molecule has 0 saturated carbocycles. The molecule has 0 unspecified atom stereocenters. The number of amides is 2. The number of carbonyl (C=O) groups excluding carboxylic acids is 2. The van der Waals surface area contributed by atoms with E-state index in [0.717, 1.165) is 16.5 Å². The van der Waals surface area contributed by atoms with E-state index in [1.54, 1.807) is 32.3 Å². The predicted octanol–water partition coefficient (Wildman–Crippen LogP) is 3.64. The number of carbonyl (C=O) groups is 2. The van der Waals surface area contributed by atoms with Crippen LogP contribution in [-0.4, -0.2) is 41.8 Å². The van der Waals surface area contributed by atoms with Gasteiger partial charge in [0.1, 0.15) is 11.7 Å². The van der Waals surface area contributed by atoms with Gasteiger partial charge in [0.2, 0.25) is 5.91 Å². The molecule has 0 aliphatic heterocycles. The Balaban J connectivity index is 1.75. The van der Waals surface area contributed by atoms with E-state index in [4.69, 9.17) is 11.6 Å². The quantitative estimate of drug-likeness (QED) is 0.682. The normalized spacial score (nSPS) is 12.0. The third-order valence-electron chi connectivity index (χ3n) is 4.44. The average Bonchev–Trinajstić information content (AvgIpc) is 3.08. The highest BCUT2D eigenvalue weighted by Gasteiger charge is 2.23. The highest BCUT2D eigenvalue weighted by molar-refractivity contribution is 6.31. The van der Waals surface area contributed by atoms with Crippen LogP contribution in [0.2, 0.25) is 5.02 Å². The van der Waals surface area contributed by atoms with Crippen LogP contribution in [0.3, 0.4) is 0 Å². The van der Waals surface area contributed by atoms with E-state index >= 15 is 0 Å². The van der Waals surface area contributed by atoms with Gasteiger partial charge in [-0.25, -0.2) is 0 Å². The lowest BCUT2D eigenvalue weighted by atomic mass is 10.0.